The standard InChI is InChI=1S/C21H28/c1-16-9-6-7-10-18(16)11-8-12-19-13-14-20(15-17(19)2)21(3,4)5/h6-7,9-10,13-15H,8,11-12H2,1-5H3/i12D2. The summed E-state index contributed by atoms with van der Waals surface area (Å²) < 4.78 is 17.0. The van der Waals surface area contributed by atoms with E-state index in [0.717, 1.165) is 17.5 Å². The van der Waals surface area contributed by atoms with Gasteiger partial charge in [-0.3, -0.25) is 0 Å². The molecular formula is C21H28. The summed E-state index contributed by atoms with van der Waals surface area (Å²) in [4.78, 5) is 0. The fraction of sp³-hybridized carbons (Fsp3) is 0.429. The topological polar surface area (TPSA) is 0 Å². The van der Waals surface area contributed by atoms with E-state index in [9.17, 15) is 0 Å². The maximum absolute atomic E-state index is 8.52. The number of aryl methyl sites for hydroxylation is 4. The van der Waals surface area contributed by atoms with Gasteiger partial charge in [0.05, 0.1) is 0 Å². The van der Waals surface area contributed by atoms with Crippen molar-refractivity contribution in [2.24, 2.45) is 0 Å². The lowest BCUT2D eigenvalue weighted by atomic mass is 9.85. The zero-order valence-corrected chi connectivity index (χ0v) is 14.0. The van der Waals surface area contributed by atoms with Gasteiger partial charge in [0.25, 0.3) is 0 Å². The van der Waals surface area contributed by atoms with Crippen LogP contribution in [0, 0.1) is 13.8 Å². The summed E-state index contributed by atoms with van der Waals surface area (Å²) in [5.41, 5.74) is 5.69. The van der Waals surface area contributed by atoms with Gasteiger partial charge in [-0.1, -0.05) is 63.2 Å². The Labute approximate surface area is 133 Å². The Morgan fingerprint density at radius 3 is 2.24 bits per heavy atom. The minimum Gasteiger partial charge on any atom is -0.0620 e. The van der Waals surface area contributed by atoms with Crippen LogP contribution in [-0.2, 0) is 18.2 Å². The lowest BCUT2D eigenvalue weighted by Crippen LogP contribution is -2.11. The molecule has 2 aromatic carbocycles. The highest BCUT2D eigenvalue weighted by atomic mass is 14.2. The van der Waals surface area contributed by atoms with Crippen molar-refractivity contribution in [3.63, 3.8) is 0 Å². The second-order valence-corrected chi connectivity index (χ2v) is 6.88. The summed E-state index contributed by atoms with van der Waals surface area (Å²) in [5.74, 6) is 0. The van der Waals surface area contributed by atoms with Gasteiger partial charge >= 0.3 is 0 Å². The van der Waals surface area contributed by atoms with Crippen LogP contribution in [0.15, 0.2) is 42.5 Å². The van der Waals surface area contributed by atoms with Crippen molar-refractivity contribution >= 4 is 0 Å². The summed E-state index contributed by atoms with van der Waals surface area (Å²) in [6, 6.07) is 14.4. The van der Waals surface area contributed by atoms with Crippen molar-refractivity contribution in [2.45, 2.75) is 59.2 Å². The SMILES string of the molecule is [2H]C([2H])(CCc1ccccc1C)c1ccc(C(C)(C)C)cc1C. The van der Waals surface area contributed by atoms with Crippen molar-refractivity contribution in [1.29, 1.82) is 0 Å². The Balaban J connectivity index is 2.21. The molecular weight excluding hydrogens is 252 g/mol. The Morgan fingerprint density at radius 1 is 0.905 bits per heavy atom. The fourth-order valence-corrected chi connectivity index (χ4v) is 2.55. The highest BCUT2D eigenvalue weighted by Gasteiger charge is 2.14. The van der Waals surface area contributed by atoms with E-state index in [1.54, 1.807) is 0 Å². The number of rotatable bonds is 4. The predicted octanol–water partition coefficient (Wildman–Crippen LogP) is 5.78. The summed E-state index contributed by atoms with van der Waals surface area (Å²) in [7, 11) is 0. The minimum absolute atomic E-state index is 0.0944. The maximum atomic E-state index is 8.52. The van der Waals surface area contributed by atoms with Crippen LogP contribution in [0.25, 0.3) is 0 Å². The molecule has 0 heterocycles. The van der Waals surface area contributed by atoms with Crippen molar-refractivity contribution < 1.29 is 2.74 Å². The molecule has 112 valence electrons. The van der Waals surface area contributed by atoms with Gasteiger partial charge in [-0.2, -0.15) is 0 Å². The van der Waals surface area contributed by atoms with Gasteiger partial charge in [-0.05, 0) is 66.3 Å². The Bertz CT molecular complexity index is 678. The molecule has 2 rings (SSSR count). The van der Waals surface area contributed by atoms with E-state index in [2.05, 4.69) is 52.0 Å². The first kappa shape index (κ1) is 13.1. The molecule has 0 aliphatic heterocycles. The third-order valence-electron chi connectivity index (χ3n) is 4.06. The van der Waals surface area contributed by atoms with E-state index in [1.165, 1.54) is 16.7 Å². The van der Waals surface area contributed by atoms with Gasteiger partial charge in [0.15, 0.2) is 0 Å². The number of benzene rings is 2. The van der Waals surface area contributed by atoms with E-state index in [4.69, 9.17) is 2.74 Å². The van der Waals surface area contributed by atoms with Crippen LogP contribution in [0.3, 0.4) is 0 Å². The molecule has 0 aliphatic rings. The largest absolute Gasteiger partial charge is 0.0620 e. The van der Waals surface area contributed by atoms with E-state index in [1.807, 2.05) is 25.1 Å². The van der Waals surface area contributed by atoms with Gasteiger partial charge in [-0.25, -0.2) is 0 Å². The Kier molecular flexibility index (Phi) is 4.05. The predicted molar refractivity (Wildman–Crippen MR) is 93.1 cm³/mol. The third kappa shape index (κ3) is 4.20. The van der Waals surface area contributed by atoms with Crippen LogP contribution in [0.4, 0.5) is 0 Å². The molecule has 0 unspecified atom stereocenters. The summed E-state index contributed by atoms with van der Waals surface area (Å²) in [6.45, 7) is 10.7. The molecule has 0 aromatic heterocycles. The second kappa shape index (κ2) is 6.47. The summed E-state index contributed by atoms with van der Waals surface area (Å²) in [6.07, 6.45) is -0.0313. The first-order chi connectivity index (χ1) is 10.6. The van der Waals surface area contributed by atoms with Crippen LogP contribution in [-0.4, -0.2) is 0 Å². The van der Waals surface area contributed by atoms with Crippen LogP contribution in [0.2, 0.25) is 0 Å². The van der Waals surface area contributed by atoms with Crippen LogP contribution < -0.4 is 0 Å². The minimum atomic E-state index is -1.30. The van der Waals surface area contributed by atoms with Crippen molar-refractivity contribution in [3.8, 4) is 0 Å². The monoisotopic (exact) mass is 282 g/mol. The molecule has 2 aromatic rings. The molecule has 0 amide bonds. The molecule has 0 radical (unpaired) electrons. The molecule has 0 spiro atoms. The average Bonchev–Trinajstić information content (AvgIpc) is 2.45. The van der Waals surface area contributed by atoms with Crippen LogP contribution in [0.1, 0.15) is 57.8 Å². The zero-order chi connectivity index (χ0) is 17.3. The van der Waals surface area contributed by atoms with Gasteiger partial charge in [0.2, 0.25) is 0 Å². The molecule has 21 heavy (non-hydrogen) atoms. The quantitative estimate of drug-likeness (QED) is 0.667. The van der Waals surface area contributed by atoms with Gasteiger partial charge in [0.1, 0.15) is 0 Å². The van der Waals surface area contributed by atoms with E-state index < -0.39 is 6.37 Å². The Morgan fingerprint density at radius 2 is 1.62 bits per heavy atom. The normalized spacial score (nSPS) is 13.8. The first-order valence-corrected chi connectivity index (χ1v) is 7.77. The van der Waals surface area contributed by atoms with E-state index in [-0.39, 0.29) is 5.41 Å². The highest BCUT2D eigenvalue weighted by molar-refractivity contribution is 5.34. The lowest BCUT2D eigenvalue weighted by Gasteiger charge is -2.20. The molecule has 0 aliphatic carbocycles. The first-order valence-electron chi connectivity index (χ1n) is 8.77. The summed E-state index contributed by atoms with van der Waals surface area (Å²) >= 11 is 0. The van der Waals surface area contributed by atoms with Crippen LogP contribution in [0.5, 0.6) is 0 Å². The zero-order valence-electron chi connectivity index (χ0n) is 16.0. The maximum Gasteiger partial charge on any atom is 0.0316 e. The fourth-order valence-electron chi connectivity index (χ4n) is 2.55. The molecule has 0 atom stereocenters. The van der Waals surface area contributed by atoms with Crippen molar-refractivity contribution in [3.05, 3.63) is 70.3 Å². The van der Waals surface area contributed by atoms with Crippen LogP contribution >= 0.6 is 0 Å². The average molecular weight is 282 g/mol. The molecule has 0 saturated heterocycles. The summed E-state index contributed by atoms with van der Waals surface area (Å²) in [5, 5.41) is 0. The molecule has 0 bridgehead atoms. The van der Waals surface area contributed by atoms with E-state index >= 15 is 0 Å². The van der Waals surface area contributed by atoms with Gasteiger partial charge in [0, 0.05) is 2.74 Å². The molecule has 0 nitrogen and oxygen atoms in total. The molecule has 0 heteroatoms. The smallest absolute Gasteiger partial charge is 0.0316 e. The second-order valence-electron chi connectivity index (χ2n) is 6.88. The molecule has 0 saturated carbocycles. The van der Waals surface area contributed by atoms with Crippen molar-refractivity contribution in [1.82, 2.24) is 0 Å². The van der Waals surface area contributed by atoms with Gasteiger partial charge < -0.3 is 0 Å². The Hall–Kier alpha value is -1.56. The third-order valence-corrected chi connectivity index (χ3v) is 4.06. The molecule has 0 fully saturated rings. The number of hydrogen-bond donors (Lipinski definition) is 0. The van der Waals surface area contributed by atoms with Gasteiger partial charge in [-0.15, -0.1) is 0 Å². The van der Waals surface area contributed by atoms with Crippen molar-refractivity contribution in [2.75, 3.05) is 0 Å². The van der Waals surface area contributed by atoms with E-state index in [0.29, 0.717) is 6.42 Å². The highest BCUT2D eigenvalue weighted by Crippen LogP contribution is 2.25. The lowest BCUT2D eigenvalue weighted by molar-refractivity contribution is 0.589. The number of hydrogen-bond acceptors (Lipinski definition) is 0. The molecule has 0 N–H and O–H groups in total.